The van der Waals surface area contributed by atoms with Gasteiger partial charge in [-0.05, 0) is 38.6 Å². The maximum atomic E-state index is 12.7. The van der Waals surface area contributed by atoms with E-state index in [1.807, 2.05) is 14.0 Å². The first-order valence-electron chi connectivity index (χ1n) is 5.43. The van der Waals surface area contributed by atoms with E-state index in [9.17, 15) is 9.18 Å². The normalized spacial score (nSPS) is 12.8. The molecule has 0 saturated carbocycles. The Bertz CT molecular complexity index is 347. The summed E-state index contributed by atoms with van der Waals surface area (Å²) in [5.74, 6) is -0.0263. The van der Waals surface area contributed by atoms with Crippen LogP contribution in [0.15, 0.2) is 24.3 Å². The summed E-state index contributed by atoms with van der Waals surface area (Å²) in [5, 5.41) is 0. The van der Waals surface area contributed by atoms with Crippen LogP contribution in [0.5, 0.6) is 0 Å². The number of carbonyl (C=O) groups excluding carboxylic acids is 1. The molecule has 0 N–H and O–H groups in total. The second-order valence-corrected chi connectivity index (χ2v) is 4.30. The third-order valence-electron chi connectivity index (χ3n) is 2.68. The van der Waals surface area contributed by atoms with Crippen molar-refractivity contribution in [2.45, 2.75) is 32.9 Å². The molecule has 0 radical (unpaired) electrons. The minimum atomic E-state index is -0.219. The van der Waals surface area contributed by atoms with Gasteiger partial charge in [-0.3, -0.25) is 9.69 Å². The van der Waals surface area contributed by atoms with Gasteiger partial charge in [0.25, 0.3) is 0 Å². The predicted molar refractivity (Wildman–Crippen MR) is 62.6 cm³/mol. The Morgan fingerprint density at radius 1 is 1.38 bits per heavy atom. The van der Waals surface area contributed by atoms with Crippen LogP contribution in [-0.2, 0) is 11.3 Å². The standard InChI is InChI=1S/C13H18FNO/c1-10(8-11(2)16)15(3)9-12-4-6-13(14)7-5-12/h4-7,10H,8-9H2,1-3H3. The fraction of sp³-hybridized carbons (Fsp3) is 0.462. The van der Waals surface area contributed by atoms with Gasteiger partial charge < -0.3 is 0 Å². The Labute approximate surface area is 96.1 Å². The van der Waals surface area contributed by atoms with Crippen LogP contribution in [0, 0.1) is 5.82 Å². The summed E-state index contributed by atoms with van der Waals surface area (Å²) in [5.41, 5.74) is 1.05. The van der Waals surface area contributed by atoms with Crippen molar-refractivity contribution in [1.29, 1.82) is 0 Å². The van der Waals surface area contributed by atoms with E-state index in [-0.39, 0.29) is 17.6 Å². The summed E-state index contributed by atoms with van der Waals surface area (Å²) in [4.78, 5) is 13.1. The maximum absolute atomic E-state index is 12.7. The first-order chi connectivity index (χ1) is 7.49. The quantitative estimate of drug-likeness (QED) is 0.764. The van der Waals surface area contributed by atoms with E-state index in [1.54, 1.807) is 19.1 Å². The lowest BCUT2D eigenvalue weighted by Gasteiger charge is -2.23. The van der Waals surface area contributed by atoms with E-state index in [0.29, 0.717) is 6.42 Å². The molecule has 1 unspecified atom stereocenters. The van der Waals surface area contributed by atoms with Crippen molar-refractivity contribution in [3.63, 3.8) is 0 Å². The molecule has 1 rings (SSSR count). The summed E-state index contributed by atoms with van der Waals surface area (Å²) >= 11 is 0. The Morgan fingerprint density at radius 2 is 1.94 bits per heavy atom. The molecule has 0 aliphatic rings. The Kier molecular flexibility index (Phi) is 4.62. The van der Waals surface area contributed by atoms with Crippen LogP contribution >= 0.6 is 0 Å². The zero-order chi connectivity index (χ0) is 12.1. The van der Waals surface area contributed by atoms with E-state index in [0.717, 1.165) is 12.1 Å². The molecule has 0 aromatic heterocycles. The predicted octanol–water partition coefficient (Wildman–Crippen LogP) is 2.63. The van der Waals surface area contributed by atoms with Crippen molar-refractivity contribution in [2.75, 3.05) is 7.05 Å². The first kappa shape index (κ1) is 12.8. The number of hydrogen-bond acceptors (Lipinski definition) is 2. The van der Waals surface area contributed by atoms with E-state index >= 15 is 0 Å². The lowest BCUT2D eigenvalue weighted by Crippen LogP contribution is -2.30. The lowest BCUT2D eigenvalue weighted by atomic mass is 10.1. The number of carbonyl (C=O) groups is 1. The van der Waals surface area contributed by atoms with Crippen LogP contribution in [0.2, 0.25) is 0 Å². The molecule has 0 amide bonds. The minimum Gasteiger partial charge on any atom is -0.300 e. The van der Waals surface area contributed by atoms with Crippen LogP contribution in [0.4, 0.5) is 4.39 Å². The Balaban J connectivity index is 2.53. The number of Topliss-reactive ketones (excluding diaryl/α,β-unsaturated/α-hetero) is 1. The lowest BCUT2D eigenvalue weighted by molar-refractivity contribution is -0.118. The highest BCUT2D eigenvalue weighted by Crippen LogP contribution is 2.09. The summed E-state index contributed by atoms with van der Waals surface area (Å²) in [7, 11) is 1.97. The van der Waals surface area contributed by atoms with Crippen molar-refractivity contribution < 1.29 is 9.18 Å². The number of halogens is 1. The van der Waals surface area contributed by atoms with Crippen LogP contribution in [0.3, 0.4) is 0 Å². The van der Waals surface area contributed by atoms with Gasteiger partial charge in [-0.25, -0.2) is 4.39 Å². The van der Waals surface area contributed by atoms with Crippen LogP contribution in [0.25, 0.3) is 0 Å². The molecule has 0 aliphatic heterocycles. The number of rotatable bonds is 5. The molecule has 1 aromatic carbocycles. The molecule has 0 bridgehead atoms. The van der Waals surface area contributed by atoms with Gasteiger partial charge in [0.2, 0.25) is 0 Å². The zero-order valence-electron chi connectivity index (χ0n) is 10.0. The third kappa shape index (κ3) is 4.11. The van der Waals surface area contributed by atoms with Gasteiger partial charge in [-0.15, -0.1) is 0 Å². The smallest absolute Gasteiger partial charge is 0.131 e. The fourth-order valence-electron chi connectivity index (χ4n) is 1.61. The van der Waals surface area contributed by atoms with Crippen LogP contribution < -0.4 is 0 Å². The molecule has 2 nitrogen and oxygen atoms in total. The topological polar surface area (TPSA) is 20.3 Å². The van der Waals surface area contributed by atoms with Crippen molar-refractivity contribution >= 4 is 5.78 Å². The summed E-state index contributed by atoms with van der Waals surface area (Å²) < 4.78 is 12.7. The molecular weight excluding hydrogens is 205 g/mol. The van der Waals surface area contributed by atoms with Gasteiger partial charge >= 0.3 is 0 Å². The van der Waals surface area contributed by atoms with Crippen molar-refractivity contribution in [3.05, 3.63) is 35.6 Å². The monoisotopic (exact) mass is 223 g/mol. The highest BCUT2D eigenvalue weighted by molar-refractivity contribution is 5.76. The second kappa shape index (κ2) is 5.75. The molecule has 3 heteroatoms. The SMILES string of the molecule is CC(=O)CC(C)N(C)Cc1ccc(F)cc1. The highest BCUT2D eigenvalue weighted by Gasteiger charge is 2.11. The molecule has 88 valence electrons. The zero-order valence-corrected chi connectivity index (χ0v) is 10.0. The Morgan fingerprint density at radius 3 is 2.44 bits per heavy atom. The summed E-state index contributed by atoms with van der Waals surface area (Å²) in [6.07, 6.45) is 0.553. The maximum Gasteiger partial charge on any atom is 0.131 e. The first-order valence-corrected chi connectivity index (χ1v) is 5.43. The third-order valence-corrected chi connectivity index (χ3v) is 2.68. The molecule has 0 aliphatic carbocycles. The number of ketones is 1. The second-order valence-electron chi connectivity index (χ2n) is 4.30. The van der Waals surface area contributed by atoms with Crippen molar-refractivity contribution in [1.82, 2.24) is 4.90 Å². The van der Waals surface area contributed by atoms with E-state index < -0.39 is 0 Å². The largest absolute Gasteiger partial charge is 0.300 e. The van der Waals surface area contributed by atoms with E-state index in [2.05, 4.69) is 4.90 Å². The van der Waals surface area contributed by atoms with Gasteiger partial charge in [0.1, 0.15) is 11.6 Å². The molecule has 0 saturated heterocycles. The van der Waals surface area contributed by atoms with Crippen molar-refractivity contribution in [2.24, 2.45) is 0 Å². The van der Waals surface area contributed by atoms with E-state index in [4.69, 9.17) is 0 Å². The van der Waals surface area contributed by atoms with Gasteiger partial charge in [-0.2, -0.15) is 0 Å². The van der Waals surface area contributed by atoms with Gasteiger partial charge in [0, 0.05) is 19.0 Å². The Hall–Kier alpha value is -1.22. The molecular formula is C13H18FNO. The number of hydrogen-bond donors (Lipinski definition) is 0. The average Bonchev–Trinajstić information content (AvgIpc) is 2.20. The van der Waals surface area contributed by atoms with Crippen LogP contribution in [0.1, 0.15) is 25.8 Å². The average molecular weight is 223 g/mol. The number of benzene rings is 1. The molecule has 0 spiro atoms. The van der Waals surface area contributed by atoms with Gasteiger partial charge in [-0.1, -0.05) is 12.1 Å². The summed E-state index contributed by atoms with van der Waals surface area (Å²) in [6, 6.07) is 6.67. The summed E-state index contributed by atoms with van der Waals surface area (Å²) in [6.45, 7) is 4.35. The number of nitrogens with zero attached hydrogens (tertiary/aromatic N) is 1. The molecule has 1 atom stereocenters. The van der Waals surface area contributed by atoms with E-state index in [1.165, 1.54) is 12.1 Å². The molecule has 16 heavy (non-hydrogen) atoms. The van der Waals surface area contributed by atoms with Crippen molar-refractivity contribution in [3.8, 4) is 0 Å². The molecule has 0 heterocycles. The van der Waals surface area contributed by atoms with Gasteiger partial charge in [0.15, 0.2) is 0 Å². The molecule has 0 fully saturated rings. The highest BCUT2D eigenvalue weighted by atomic mass is 19.1. The van der Waals surface area contributed by atoms with Gasteiger partial charge in [0.05, 0.1) is 0 Å². The minimum absolute atomic E-state index is 0.193. The fourth-order valence-corrected chi connectivity index (χ4v) is 1.61. The van der Waals surface area contributed by atoms with Crippen LogP contribution in [-0.4, -0.2) is 23.8 Å². The molecule has 1 aromatic rings.